The molecule has 2 heterocycles. The monoisotopic (exact) mass is 677 g/mol. The fraction of sp³-hybridized carbons (Fsp3) is 0.308. The van der Waals surface area contributed by atoms with E-state index in [9.17, 15) is 19.5 Å². The van der Waals surface area contributed by atoms with Crippen LogP contribution < -0.4 is 20.1 Å². The van der Waals surface area contributed by atoms with Crippen molar-refractivity contribution >= 4 is 28.7 Å². The van der Waals surface area contributed by atoms with Gasteiger partial charge in [0.15, 0.2) is 5.82 Å². The van der Waals surface area contributed by atoms with E-state index in [-0.39, 0.29) is 12.1 Å². The Labute approximate surface area is 291 Å². The van der Waals surface area contributed by atoms with Gasteiger partial charge in [-0.15, -0.1) is 0 Å². The average Bonchev–Trinajstić information content (AvgIpc) is 3.57. The van der Waals surface area contributed by atoms with Crippen LogP contribution in [0.25, 0.3) is 33.4 Å². The second-order valence-corrected chi connectivity index (χ2v) is 12.2. The van der Waals surface area contributed by atoms with E-state index in [1.54, 1.807) is 43.8 Å². The zero-order valence-corrected chi connectivity index (χ0v) is 28.6. The number of carboxylic acids is 1. The summed E-state index contributed by atoms with van der Waals surface area (Å²) < 4.78 is 11.1. The molecule has 0 saturated carbocycles. The Hall–Kier alpha value is -5.71. The molecule has 0 radical (unpaired) electrons. The molecule has 4 N–H and O–H groups in total. The van der Waals surface area contributed by atoms with Gasteiger partial charge >= 0.3 is 5.97 Å². The molecule has 5 rings (SSSR count). The van der Waals surface area contributed by atoms with Crippen molar-refractivity contribution in [1.29, 1.82) is 0 Å². The van der Waals surface area contributed by atoms with Gasteiger partial charge in [-0.05, 0) is 60.9 Å². The number of nitrogens with zero attached hydrogens (tertiary/aromatic N) is 2. The molecule has 0 spiro atoms. The minimum absolute atomic E-state index is 0.122. The van der Waals surface area contributed by atoms with Crippen LogP contribution in [0.15, 0.2) is 85.2 Å². The first kappa shape index (κ1) is 35.6. The highest BCUT2D eigenvalue weighted by molar-refractivity contribution is 6.00. The molecular formula is C39H43N5O6. The molecule has 0 aliphatic rings. The van der Waals surface area contributed by atoms with Crippen LogP contribution in [0.5, 0.6) is 11.5 Å². The molecule has 2 aromatic heterocycles. The Morgan fingerprint density at radius 1 is 0.820 bits per heavy atom. The number of carbonyl (C=O) groups excluding carboxylic acids is 2. The number of hydrogen-bond donors (Lipinski definition) is 4. The number of aromatic amines is 1. The number of ether oxygens (including phenoxy) is 2. The third-order valence-corrected chi connectivity index (χ3v) is 8.43. The van der Waals surface area contributed by atoms with E-state index in [2.05, 4.69) is 32.5 Å². The summed E-state index contributed by atoms with van der Waals surface area (Å²) in [7, 11) is 1.56. The van der Waals surface area contributed by atoms with Crippen LogP contribution in [-0.4, -0.2) is 63.6 Å². The molecule has 0 aliphatic carbocycles. The van der Waals surface area contributed by atoms with E-state index in [4.69, 9.17) is 9.47 Å². The maximum Gasteiger partial charge on any atom is 0.325 e. The highest BCUT2D eigenvalue weighted by Crippen LogP contribution is 2.24. The van der Waals surface area contributed by atoms with Crippen molar-refractivity contribution in [1.82, 2.24) is 25.6 Å². The number of hydrogen-bond acceptors (Lipinski definition) is 7. The first-order chi connectivity index (χ1) is 24.2. The number of H-pyrrole nitrogens is 1. The van der Waals surface area contributed by atoms with Gasteiger partial charge in [-0.2, -0.15) is 0 Å². The number of fused-ring (bicyclic) bond motifs is 1. The fourth-order valence-corrected chi connectivity index (χ4v) is 5.47. The molecule has 0 fully saturated rings. The molecular weight excluding hydrogens is 634 g/mol. The first-order valence-electron chi connectivity index (χ1n) is 16.9. The van der Waals surface area contributed by atoms with Crippen molar-refractivity contribution < 1.29 is 29.0 Å². The molecule has 3 aromatic carbocycles. The summed E-state index contributed by atoms with van der Waals surface area (Å²) in [5, 5.41) is 15.3. The van der Waals surface area contributed by atoms with Crippen molar-refractivity contribution in [3.8, 4) is 34.0 Å². The Balaban J connectivity index is 1.23. The van der Waals surface area contributed by atoms with Crippen LogP contribution in [0.2, 0.25) is 0 Å². The Morgan fingerprint density at radius 2 is 1.50 bits per heavy atom. The van der Waals surface area contributed by atoms with Crippen LogP contribution in [-0.2, 0) is 16.0 Å². The molecule has 5 aromatic rings. The van der Waals surface area contributed by atoms with E-state index in [1.807, 2.05) is 48.5 Å². The summed E-state index contributed by atoms with van der Waals surface area (Å²) in [5.41, 5.74) is 4.38. The molecule has 50 heavy (non-hydrogen) atoms. The Kier molecular flexibility index (Phi) is 12.2. The number of amides is 2. The van der Waals surface area contributed by atoms with E-state index in [0.717, 1.165) is 45.3 Å². The number of carbonyl (C=O) groups is 3. The zero-order valence-electron chi connectivity index (χ0n) is 28.6. The quantitative estimate of drug-likeness (QED) is 0.0805. The van der Waals surface area contributed by atoms with Crippen molar-refractivity contribution in [2.45, 2.75) is 64.5 Å². The van der Waals surface area contributed by atoms with Gasteiger partial charge in [0.25, 0.3) is 5.91 Å². The summed E-state index contributed by atoms with van der Waals surface area (Å²) in [6.45, 7) is 4.29. The molecule has 2 unspecified atom stereocenters. The number of rotatable bonds is 17. The molecule has 11 heteroatoms. The van der Waals surface area contributed by atoms with Gasteiger partial charge in [0, 0.05) is 40.8 Å². The molecule has 0 bridgehead atoms. The highest BCUT2D eigenvalue weighted by atomic mass is 16.5. The Morgan fingerprint density at radius 3 is 2.18 bits per heavy atom. The summed E-state index contributed by atoms with van der Waals surface area (Å²) in [6, 6.07) is 20.1. The normalized spacial score (nSPS) is 12.2. The van der Waals surface area contributed by atoms with Gasteiger partial charge in [0.1, 0.15) is 29.3 Å². The predicted octanol–water partition coefficient (Wildman–Crippen LogP) is 6.58. The number of nitrogens with one attached hydrogen (secondary N) is 3. The maximum absolute atomic E-state index is 13.3. The van der Waals surface area contributed by atoms with Crippen molar-refractivity contribution in [3.05, 3.63) is 96.4 Å². The van der Waals surface area contributed by atoms with Crippen LogP contribution in [0.1, 0.15) is 62.0 Å². The zero-order chi connectivity index (χ0) is 35.5. The number of aliphatic carboxylic acids is 1. The van der Waals surface area contributed by atoms with Crippen LogP contribution in [0.3, 0.4) is 0 Å². The fourth-order valence-electron chi connectivity index (χ4n) is 5.47. The lowest BCUT2D eigenvalue weighted by Gasteiger charge is -2.20. The van der Waals surface area contributed by atoms with Gasteiger partial charge < -0.3 is 30.2 Å². The summed E-state index contributed by atoms with van der Waals surface area (Å²) >= 11 is 0. The lowest BCUT2D eigenvalue weighted by atomic mass is 10.0. The number of carboxylic acid groups (broad SMARTS) is 1. The number of aromatic nitrogens is 3. The molecule has 11 nitrogen and oxygen atoms in total. The Bertz CT molecular complexity index is 1890. The maximum atomic E-state index is 13.3. The van der Waals surface area contributed by atoms with Gasteiger partial charge in [-0.3, -0.25) is 14.4 Å². The third-order valence-electron chi connectivity index (χ3n) is 8.43. The standard InChI is InChI=1S/C39H43N5O6/c1-4-5-6-7-8-19-50-31-15-13-27(14-16-31)30-23-40-36(41-24-30)28-11-9-26(10-12-28)20-34(37(45)42-25(2)39(47)48)44-38(46)35-22-29-21-32(49-3)17-18-33(29)43-35/h9-18,21-25,34,43H,4-8,19-20H2,1-3H3,(H,42,45)(H,44,46)(H,47,48). The summed E-state index contributed by atoms with van der Waals surface area (Å²) in [4.78, 5) is 50.1. The minimum atomic E-state index is -1.18. The third kappa shape index (κ3) is 9.46. The summed E-state index contributed by atoms with van der Waals surface area (Å²) in [6.07, 6.45) is 9.66. The number of methoxy groups -OCH3 is 1. The van der Waals surface area contributed by atoms with Crippen LogP contribution >= 0.6 is 0 Å². The molecule has 0 aliphatic heterocycles. The average molecular weight is 678 g/mol. The lowest BCUT2D eigenvalue weighted by Crippen LogP contribution is -2.51. The first-order valence-corrected chi connectivity index (χ1v) is 16.9. The molecule has 2 amide bonds. The van der Waals surface area contributed by atoms with Crippen LogP contribution in [0.4, 0.5) is 0 Å². The van der Waals surface area contributed by atoms with Crippen molar-refractivity contribution in [2.24, 2.45) is 0 Å². The number of benzene rings is 3. The smallest absolute Gasteiger partial charge is 0.325 e. The number of unbranched alkanes of at least 4 members (excludes halogenated alkanes) is 4. The SMILES string of the molecule is CCCCCCCOc1ccc(-c2cnc(-c3ccc(CC(NC(=O)c4cc5cc(OC)ccc5[nH]4)C(=O)NC(C)C(=O)O)cc3)nc2)cc1. The van der Waals surface area contributed by atoms with Crippen molar-refractivity contribution in [2.75, 3.05) is 13.7 Å². The second-order valence-electron chi connectivity index (χ2n) is 12.2. The van der Waals surface area contributed by atoms with E-state index < -0.39 is 29.9 Å². The van der Waals surface area contributed by atoms with Gasteiger partial charge in [-0.25, -0.2) is 9.97 Å². The van der Waals surface area contributed by atoms with E-state index in [1.165, 1.54) is 32.6 Å². The van der Waals surface area contributed by atoms with E-state index >= 15 is 0 Å². The second kappa shape index (κ2) is 17.1. The van der Waals surface area contributed by atoms with Crippen LogP contribution in [0, 0.1) is 0 Å². The van der Waals surface area contributed by atoms with Gasteiger partial charge in [0.2, 0.25) is 5.91 Å². The largest absolute Gasteiger partial charge is 0.497 e. The lowest BCUT2D eigenvalue weighted by molar-refractivity contribution is -0.141. The van der Waals surface area contributed by atoms with E-state index in [0.29, 0.717) is 18.2 Å². The minimum Gasteiger partial charge on any atom is -0.497 e. The van der Waals surface area contributed by atoms with Crippen molar-refractivity contribution in [3.63, 3.8) is 0 Å². The van der Waals surface area contributed by atoms with Gasteiger partial charge in [-0.1, -0.05) is 69.0 Å². The molecule has 0 saturated heterocycles. The molecule has 260 valence electrons. The topological polar surface area (TPSA) is 156 Å². The molecule has 2 atom stereocenters. The highest BCUT2D eigenvalue weighted by Gasteiger charge is 2.26. The predicted molar refractivity (Wildman–Crippen MR) is 192 cm³/mol. The summed E-state index contributed by atoms with van der Waals surface area (Å²) in [5.74, 6) is -0.275. The van der Waals surface area contributed by atoms with Gasteiger partial charge in [0.05, 0.1) is 13.7 Å².